The summed E-state index contributed by atoms with van der Waals surface area (Å²) in [5.74, 6) is 0. The van der Waals surface area contributed by atoms with Crippen molar-refractivity contribution in [3.05, 3.63) is 61.9 Å². The molecule has 3 heteroatoms. The maximum atomic E-state index is 7.50. The molecule has 0 unspecified atom stereocenters. The van der Waals surface area contributed by atoms with E-state index in [0.29, 0.717) is 0 Å². The Balaban J connectivity index is -0.000000305. The molecule has 0 aliphatic rings. The molecule has 16 heavy (non-hydrogen) atoms. The molecule has 0 aromatic heterocycles. The van der Waals surface area contributed by atoms with Crippen LogP contribution in [0.2, 0.25) is 0 Å². The van der Waals surface area contributed by atoms with Gasteiger partial charge in [0, 0.05) is 21.1 Å². The van der Waals surface area contributed by atoms with Gasteiger partial charge in [0.2, 0.25) is 0 Å². The van der Waals surface area contributed by atoms with Crippen molar-refractivity contribution in [3.8, 4) is 0 Å². The first kappa shape index (κ1) is 20.5. The number of aryl methyl sites for hydroxylation is 1. The Kier molecular flexibility index (Phi) is 25.2. The van der Waals surface area contributed by atoms with Gasteiger partial charge < -0.3 is 0 Å². The average molecular weight is 386 g/mol. The van der Waals surface area contributed by atoms with Crippen LogP contribution in [0.1, 0.15) is 18.4 Å². The van der Waals surface area contributed by atoms with E-state index in [0.717, 1.165) is 6.42 Å². The van der Waals surface area contributed by atoms with Crippen LogP contribution in [-0.2, 0) is 36.8 Å². The Morgan fingerprint density at radius 2 is 1.56 bits per heavy atom. The van der Waals surface area contributed by atoms with Crippen LogP contribution >= 0.6 is 0 Å². The SMILES string of the molecule is C=CCCCc1ccccc1.[C-]#[O+].[C-]#[O+].[W]. The van der Waals surface area contributed by atoms with Gasteiger partial charge in [-0.1, -0.05) is 36.4 Å². The standard InChI is InChI=1S/C11H14.2CO.W/c1-2-3-5-8-11-9-6-4-7-10-11;2*1-2;/h2,4,6-7,9-10H,1,3,5,8H2;;;. The minimum atomic E-state index is 0. The summed E-state index contributed by atoms with van der Waals surface area (Å²) in [6.07, 6.45) is 5.48. The third-order valence-electron chi connectivity index (χ3n) is 1.72. The van der Waals surface area contributed by atoms with Crippen LogP contribution in [0.5, 0.6) is 0 Å². The molecule has 0 fully saturated rings. The summed E-state index contributed by atoms with van der Waals surface area (Å²) < 4.78 is 15.0. The molecule has 0 saturated carbocycles. The number of unbranched alkanes of at least 4 members (excludes halogenated alkanes) is 1. The van der Waals surface area contributed by atoms with E-state index in [1.807, 2.05) is 6.08 Å². The van der Waals surface area contributed by atoms with E-state index >= 15 is 0 Å². The maximum absolute atomic E-state index is 7.50. The molecule has 1 rings (SSSR count). The van der Waals surface area contributed by atoms with Crippen LogP contribution < -0.4 is 0 Å². The van der Waals surface area contributed by atoms with E-state index in [1.54, 1.807) is 0 Å². The van der Waals surface area contributed by atoms with E-state index in [1.165, 1.54) is 18.4 Å². The predicted molar refractivity (Wildman–Crippen MR) is 57.4 cm³/mol. The van der Waals surface area contributed by atoms with Crippen molar-refractivity contribution in [1.82, 2.24) is 0 Å². The normalized spacial score (nSPS) is 6.75. The summed E-state index contributed by atoms with van der Waals surface area (Å²) in [5.41, 5.74) is 1.43. The van der Waals surface area contributed by atoms with Crippen molar-refractivity contribution in [2.45, 2.75) is 19.3 Å². The van der Waals surface area contributed by atoms with E-state index in [9.17, 15) is 0 Å². The molecule has 0 amide bonds. The van der Waals surface area contributed by atoms with Gasteiger partial charge in [0.1, 0.15) is 0 Å². The summed E-state index contributed by atoms with van der Waals surface area (Å²) in [4.78, 5) is 0. The first-order valence-corrected chi connectivity index (χ1v) is 4.49. The molecular weight excluding hydrogens is 372 g/mol. The summed E-state index contributed by atoms with van der Waals surface area (Å²) in [6, 6.07) is 10.6. The van der Waals surface area contributed by atoms with Crippen molar-refractivity contribution in [2.75, 3.05) is 0 Å². The minimum Gasteiger partial charge on any atom is 0 e. The molecule has 0 atom stereocenters. The van der Waals surface area contributed by atoms with Crippen LogP contribution in [0.4, 0.5) is 0 Å². The first-order valence-electron chi connectivity index (χ1n) is 4.49. The fraction of sp³-hybridized carbons (Fsp3) is 0.231. The van der Waals surface area contributed by atoms with Crippen molar-refractivity contribution in [3.63, 3.8) is 0 Å². The molecule has 0 spiro atoms. The molecule has 84 valence electrons. The van der Waals surface area contributed by atoms with Gasteiger partial charge >= 0.3 is 22.6 Å². The number of benzene rings is 1. The summed E-state index contributed by atoms with van der Waals surface area (Å²) in [5, 5.41) is 0. The third kappa shape index (κ3) is 13.1. The van der Waals surface area contributed by atoms with Crippen LogP contribution in [0.25, 0.3) is 0 Å². The average Bonchev–Trinajstić information content (AvgIpc) is 2.36. The Hall–Kier alpha value is -0.872. The van der Waals surface area contributed by atoms with Gasteiger partial charge in [-0.2, -0.15) is 0 Å². The third-order valence-corrected chi connectivity index (χ3v) is 1.72. The Morgan fingerprint density at radius 3 is 2.00 bits per heavy atom. The second kappa shape index (κ2) is 19.7. The quantitative estimate of drug-likeness (QED) is 0.330. The fourth-order valence-corrected chi connectivity index (χ4v) is 1.10. The fourth-order valence-electron chi connectivity index (χ4n) is 1.10. The molecule has 0 N–H and O–H groups in total. The Bertz CT molecular complexity index is 272. The van der Waals surface area contributed by atoms with Gasteiger partial charge in [0.05, 0.1) is 0 Å². The summed E-state index contributed by atoms with van der Waals surface area (Å²) >= 11 is 0. The Labute approximate surface area is 111 Å². The second-order valence-electron chi connectivity index (χ2n) is 2.67. The topological polar surface area (TPSA) is 39.8 Å². The van der Waals surface area contributed by atoms with Crippen molar-refractivity contribution in [2.24, 2.45) is 0 Å². The molecule has 1 aromatic carbocycles. The summed E-state index contributed by atoms with van der Waals surface area (Å²) in [7, 11) is 0. The van der Waals surface area contributed by atoms with Crippen LogP contribution in [0, 0.1) is 13.3 Å². The van der Waals surface area contributed by atoms with E-state index in [2.05, 4.69) is 50.2 Å². The molecule has 0 saturated heterocycles. The molecule has 0 bridgehead atoms. The van der Waals surface area contributed by atoms with Crippen molar-refractivity contribution < 1.29 is 30.4 Å². The number of hydrogen-bond donors (Lipinski definition) is 0. The molecule has 2 nitrogen and oxygen atoms in total. The Morgan fingerprint density at radius 1 is 1.06 bits per heavy atom. The molecular formula is C13H14O2W. The van der Waals surface area contributed by atoms with Gasteiger partial charge in [-0.15, -0.1) is 6.58 Å². The van der Waals surface area contributed by atoms with Gasteiger partial charge in [-0.25, -0.2) is 0 Å². The molecule has 0 aliphatic heterocycles. The van der Waals surface area contributed by atoms with Crippen molar-refractivity contribution in [1.29, 1.82) is 0 Å². The monoisotopic (exact) mass is 386 g/mol. The smallest absolute Gasteiger partial charge is 0 e. The van der Waals surface area contributed by atoms with E-state index in [-0.39, 0.29) is 21.1 Å². The number of allylic oxidation sites excluding steroid dienone is 1. The molecule has 0 heterocycles. The van der Waals surface area contributed by atoms with Gasteiger partial charge in [-0.3, -0.25) is 0 Å². The van der Waals surface area contributed by atoms with E-state index < -0.39 is 0 Å². The molecule has 0 radical (unpaired) electrons. The van der Waals surface area contributed by atoms with Gasteiger partial charge in [0.15, 0.2) is 0 Å². The van der Waals surface area contributed by atoms with Gasteiger partial charge in [-0.05, 0) is 24.8 Å². The summed E-state index contributed by atoms with van der Waals surface area (Å²) in [6.45, 7) is 12.7. The van der Waals surface area contributed by atoms with Crippen LogP contribution in [0.15, 0.2) is 43.0 Å². The van der Waals surface area contributed by atoms with Crippen LogP contribution in [-0.4, -0.2) is 0 Å². The van der Waals surface area contributed by atoms with Crippen LogP contribution in [0.3, 0.4) is 0 Å². The largest absolute Gasteiger partial charge is 0 e. The molecule has 1 aromatic rings. The van der Waals surface area contributed by atoms with Crippen molar-refractivity contribution >= 4 is 0 Å². The van der Waals surface area contributed by atoms with Gasteiger partial charge in [0.25, 0.3) is 0 Å². The zero-order valence-corrected chi connectivity index (χ0v) is 12.0. The maximum Gasteiger partial charge on any atom is 0 e. The zero-order valence-electron chi connectivity index (χ0n) is 9.02. The number of rotatable bonds is 4. The second-order valence-corrected chi connectivity index (χ2v) is 2.67. The number of hydrogen-bond acceptors (Lipinski definition) is 0. The minimum absolute atomic E-state index is 0. The molecule has 0 aliphatic carbocycles. The predicted octanol–water partition coefficient (Wildman–Crippen LogP) is 3.12. The van der Waals surface area contributed by atoms with E-state index in [4.69, 9.17) is 9.30 Å². The first-order chi connectivity index (χ1) is 7.43. The zero-order chi connectivity index (χ0) is 11.9.